The summed E-state index contributed by atoms with van der Waals surface area (Å²) in [7, 11) is 0. The summed E-state index contributed by atoms with van der Waals surface area (Å²) in [6.07, 6.45) is 0. The van der Waals surface area contributed by atoms with Crippen molar-refractivity contribution in [2.24, 2.45) is 0 Å². The van der Waals surface area contributed by atoms with Crippen molar-refractivity contribution in [1.82, 2.24) is 0 Å². The average Bonchev–Trinajstić information content (AvgIpc) is 2.48. The van der Waals surface area contributed by atoms with Gasteiger partial charge in [0.25, 0.3) is 5.91 Å². The Labute approximate surface area is 133 Å². The molecular formula is C17H17FN2O3. The van der Waals surface area contributed by atoms with Crippen molar-refractivity contribution in [2.75, 3.05) is 17.7 Å². The molecule has 0 radical (unpaired) electrons. The van der Waals surface area contributed by atoms with Crippen LogP contribution in [0, 0.1) is 19.7 Å². The lowest BCUT2D eigenvalue weighted by atomic mass is 10.1. The van der Waals surface area contributed by atoms with E-state index < -0.39 is 24.3 Å². The lowest BCUT2D eigenvalue weighted by Crippen LogP contribution is -2.21. The highest BCUT2D eigenvalue weighted by molar-refractivity contribution is 5.98. The predicted octanol–water partition coefficient (Wildman–Crippen LogP) is 2.82. The molecule has 2 aromatic rings. The molecule has 0 bridgehead atoms. The van der Waals surface area contributed by atoms with Crippen molar-refractivity contribution in [3.05, 3.63) is 58.9 Å². The summed E-state index contributed by atoms with van der Waals surface area (Å²) in [5, 5.41) is 2.63. The number of ether oxygens (including phenoxy) is 1. The molecule has 0 saturated heterocycles. The Morgan fingerprint density at radius 3 is 2.52 bits per heavy atom. The molecule has 0 fully saturated rings. The average molecular weight is 316 g/mol. The Morgan fingerprint density at radius 2 is 1.87 bits per heavy atom. The number of esters is 1. The first kappa shape index (κ1) is 16.5. The second-order valence-corrected chi connectivity index (χ2v) is 5.15. The lowest BCUT2D eigenvalue weighted by molar-refractivity contribution is -0.119. The van der Waals surface area contributed by atoms with Crippen molar-refractivity contribution in [3.8, 4) is 0 Å². The summed E-state index contributed by atoms with van der Waals surface area (Å²) >= 11 is 0. The maximum absolute atomic E-state index is 12.9. The van der Waals surface area contributed by atoms with Crippen LogP contribution in [0.1, 0.15) is 21.5 Å². The standard InChI is InChI=1S/C17H17FN2O3/c1-10-3-5-13(7-11(10)2)20-16(21)9-23-17(22)14-6-4-12(18)8-15(14)19/h3-8H,9,19H2,1-2H3,(H,20,21). The van der Waals surface area contributed by atoms with E-state index in [0.717, 1.165) is 23.3 Å². The van der Waals surface area contributed by atoms with Gasteiger partial charge in [-0.2, -0.15) is 0 Å². The highest BCUT2D eigenvalue weighted by Gasteiger charge is 2.14. The minimum Gasteiger partial charge on any atom is -0.452 e. The fourth-order valence-corrected chi connectivity index (χ4v) is 1.94. The first-order valence-corrected chi connectivity index (χ1v) is 6.96. The molecular weight excluding hydrogens is 299 g/mol. The van der Waals surface area contributed by atoms with Crippen LogP contribution < -0.4 is 11.1 Å². The number of nitrogens with one attached hydrogen (secondary N) is 1. The fraction of sp³-hybridized carbons (Fsp3) is 0.176. The number of hydrogen-bond acceptors (Lipinski definition) is 4. The van der Waals surface area contributed by atoms with Crippen LogP contribution in [-0.2, 0) is 9.53 Å². The van der Waals surface area contributed by atoms with Gasteiger partial charge in [0.15, 0.2) is 6.61 Å². The van der Waals surface area contributed by atoms with Gasteiger partial charge in [-0.1, -0.05) is 6.07 Å². The topological polar surface area (TPSA) is 81.4 Å². The number of anilines is 2. The SMILES string of the molecule is Cc1ccc(NC(=O)COC(=O)c2ccc(F)cc2N)cc1C. The summed E-state index contributed by atoms with van der Waals surface area (Å²) < 4.78 is 17.8. The minimum absolute atomic E-state index is 0.0189. The zero-order valence-electron chi connectivity index (χ0n) is 12.9. The molecule has 3 N–H and O–H groups in total. The minimum atomic E-state index is -0.780. The number of nitrogens with two attached hydrogens (primary N) is 1. The number of carbonyl (C=O) groups is 2. The van der Waals surface area contributed by atoms with Gasteiger partial charge in [0.2, 0.25) is 0 Å². The molecule has 2 rings (SSSR count). The molecule has 0 aromatic heterocycles. The van der Waals surface area contributed by atoms with Crippen molar-refractivity contribution >= 4 is 23.3 Å². The summed E-state index contributed by atoms with van der Waals surface area (Å²) in [5.41, 5.74) is 8.30. The van der Waals surface area contributed by atoms with Crippen molar-refractivity contribution < 1.29 is 18.7 Å². The molecule has 0 saturated carbocycles. The molecule has 0 spiro atoms. The Hall–Kier alpha value is -2.89. The first-order chi connectivity index (χ1) is 10.9. The summed E-state index contributed by atoms with van der Waals surface area (Å²) in [4.78, 5) is 23.6. The zero-order chi connectivity index (χ0) is 17.0. The number of nitrogen functional groups attached to an aromatic ring is 1. The molecule has 5 nitrogen and oxygen atoms in total. The fourth-order valence-electron chi connectivity index (χ4n) is 1.94. The van der Waals surface area contributed by atoms with E-state index in [1.54, 1.807) is 6.07 Å². The van der Waals surface area contributed by atoms with Gasteiger partial charge in [0, 0.05) is 11.4 Å². The predicted molar refractivity (Wildman–Crippen MR) is 85.6 cm³/mol. The van der Waals surface area contributed by atoms with Gasteiger partial charge in [0.05, 0.1) is 5.56 Å². The number of rotatable bonds is 4. The molecule has 0 aliphatic rings. The number of benzene rings is 2. The van der Waals surface area contributed by atoms with Crippen LogP contribution in [0.3, 0.4) is 0 Å². The van der Waals surface area contributed by atoms with Crippen molar-refractivity contribution in [3.63, 3.8) is 0 Å². The third-order valence-corrected chi connectivity index (χ3v) is 3.36. The molecule has 0 aliphatic carbocycles. The third-order valence-electron chi connectivity index (χ3n) is 3.36. The molecule has 1 amide bonds. The second-order valence-electron chi connectivity index (χ2n) is 5.15. The molecule has 0 aliphatic heterocycles. The van der Waals surface area contributed by atoms with E-state index in [1.165, 1.54) is 6.07 Å². The van der Waals surface area contributed by atoms with Gasteiger partial charge in [-0.25, -0.2) is 9.18 Å². The number of halogens is 1. The van der Waals surface area contributed by atoms with Crippen LogP contribution >= 0.6 is 0 Å². The number of hydrogen-bond donors (Lipinski definition) is 2. The highest BCUT2D eigenvalue weighted by atomic mass is 19.1. The van der Waals surface area contributed by atoms with Crippen molar-refractivity contribution in [2.45, 2.75) is 13.8 Å². The van der Waals surface area contributed by atoms with Gasteiger partial charge in [-0.15, -0.1) is 0 Å². The lowest BCUT2D eigenvalue weighted by Gasteiger charge is -2.09. The number of aryl methyl sites for hydroxylation is 2. The Morgan fingerprint density at radius 1 is 1.13 bits per heavy atom. The smallest absolute Gasteiger partial charge is 0.340 e. The normalized spacial score (nSPS) is 10.2. The molecule has 2 aromatic carbocycles. The number of carbonyl (C=O) groups excluding carboxylic acids is 2. The number of amides is 1. The van der Waals surface area contributed by atoms with E-state index in [1.807, 2.05) is 26.0 Å². The largest absolute Gasteiger partial charge is 0.452 e. The maximum Gasteiger partial charge on any atom is 0.340 e. The molecule has 23 heavy (non-hydrogen) atoms. The first-order valence-electron chi connectivity index (χ1n) is 6.96. The second kappa shape index (κ2) is 6.91. The van der Waals surface area contributed by atoms with Gasteiger partial charge in [0.1, 0.15) is 5.82 Å². The summed E-state index contributed by atoms with van der Waals surface area (Å²) in [6.45, 7) is 3.45. The summed E-state index contributed by atoms with van der Waals surface area (Å²) in [5.74, 6) is -1.80. The van der Waals surface area contributed by atoms with Crippen LogP contribution in [-0.4, -0.2) is 18.5 Å². The van der Waals surface area contributed by atoms with Crippen LogP contribution in [0.2, 0.25) is 0 Å². The molecule has 120 valence electrons. The van der Waals surface area contributed by atoms with Gasteiger partial charge < -0.3 is 15.8 Å². The Kier molecular flexibility index (Phi) is 4.95. The van der Waals surface area contributed by atoms with Crippen LogP contribution in [0.15, 0.2) is 36.4 Å². The highest BCUT2D eigenvalue weighted by Crippen LogP contribution is 2.15. The summed E-state index contributed by atoms with van der Waals surface area (Å²) in [6, 6.07) is 8.81. The van der Waals surface area contributed by atoms with Crippen LogP contribution in [0.4, 0.5) is 15.8 Å². The van der Waals surface area contributed by atoms with E-state index in [-0.39, 0.29) is 11.3 Å². The molecule has 0 unspecified atom stereocenters. The molecule has 6 heteroatoms. The van der Waals surface area contributed by atoms with Gasteiger partial charge >= 0.3 is 5.97 Å². The van der Waals surface area contributed by atoms with Gasteiger partial charge in [-0.3, -0.25) is 4.79 Å². The van der Waals surface area contributed by atoms with E-state index in [0.29, 0.717) is 5.69 Å². The van der Waals surface area contributed by atoms with E-state index >= 15 is 0 Å². The molecule has 0 heterocycles. The van der Waals surface area contributed by atoms with Gasteiger partial charge in [-0.05, 0) is 55.3 Å². The third kappa shape index (κ3) is 4.29. The quantitative estimate of drug-likeness (QED) is 0.671. The van der Waals surface area contributed by atoms with Crippen LogP contribution in [0.5, 0.6) is 0 Å². The van der Waals surface area contributed by atoms with Crippen LogP contribution in [0.25, 0.3) is 0 Å². The van der Waals surface area contributed by atoms with E-state index in [9.17, 15) is 14.0 Å². The van der Waals surface area contributed by atoms with E-state index in [4.69, 9.17) is 10.5 Å². The monoisotopic (exact) mass is 316 g/mol. The zero-order valence-corrected chi connectivity index (χ0v) is 12.9. The molecule has 0 atom stereocenters. The Balaban J connectivity index is 1.93. The maximum atomic E-state index is 12.9. The van der Waals surface area contributed by atoms with E-state index in [2.05, 4.69) is 5.32 Å². The van der Waals surface area contributed by atoms with Crippen molar-refractivity contribution in [1.29, 1.82) is 0 Å². The Bertz CT molecular complexity index is 759.